The van der Waals surface area contributed by atoms with Crippen molar-refractivity contribution in [2.45, 2.75) is 33.8 Å². The molecule has 0 amide bonds. The topological polar surface area (TPSA) is 61.6 Å². The van der Waals surface area contributed by atoms with Crippen molar-refractivity contribution >= 4 is 5.97 Å². The van der Waals surface area contributed by atoms with Gasteiger partial charge in [-0.25, -0.2) is 4.79 Å². The van der Waals surface area contributed by atoms with Crippen LogP contribution in [0.4, 0.5) is 0 Å². The maximum Gasteiger partial charge on any atom is 0.394 e. The van der Waals surface area contributed by atoms with Crippen LogP contribution in [0.15, 0.2) is 10.7 Å². The number of esters is 1. The second kappa shape index (κ2) is 5.53. The molecule has 0 saturated carbocycles. The lowest BCUT2D eigenvalue weighted by atomic mass is 10.1. The van der Waals surface area contributed by atoms with Gasteiger partial charge >= 0.3 is 12.0 Å². The molecule has 0 bridgehead atoms. The smallest absolute Gasteiger partial charge is 0.394 e. The van der Waals surface area contributed by atoms with Crippen molar-refractivity contribution < 1.29 is 18.7 Å². The minimum absolute atomic E-state index is 0.0197. The fourth-order valence-corrected chi connectivity index (χ4v) is 0.905. The Labute approximate surface area is 94.8 Å². The highest BCUT2D eigenvalue weighted by molar-refractivity contribution is 5.86. The predicted molar refractivity (Wildman–Crippen MR) is 57.4 cm³/mol. The van der Waals surface area contributed by atoms with Crippen LogP contribution in [0.5, 0.6) is 6.08 Å². The van der Waals surface area contributed by atoms with E-state index in [4.69, 9.17) is 13.9 Å². The standard InChI is InChI=1S/C11H17NO4/c1-5-14-10(13)9-6-15-11(12-9)16-8(4)7(2)3/h6-8H,5H2,1-4H3. The summed E-state index contributed by atoms with van der Waals surface area (Å²) in [6, 6.07) is 0. The van der Waals surface area contributed by atoms with E-state index in [-0.39, 0.29) is 17.9 Å². The Morgan fingerprint density at radius 3 is 2.75 bits per heavy atom. The molecule has 1 atom stereocenters. The Morgan fingerprint density at radius 2 is 2.19 bits per heavy atom. The van der Waals surface area contributed by atoms with Crippen molar-refractivity contribution in [3.05, 3.63) is 12.0 Å². The zero-order chi connectivity index (χ0) is 12.1. The van der Waals surface area contributed by atoms with E-state index in [1.165, 1.54) is 6.26 Å². The van der Waals surface area contributed by atoms with E-state index in [9.17, 15) is 4.79 Å². The van der Waals surface area contributed by atoms with E-state index in [0.29, 0.717) is 12.5 Å². The summed E-state index contributed by atoms with van der Waals surface area (Å²) in [4.78, 5) is 15.2. The number of ether oxygens (including phenoxy) is 2. The molecule has 1 aromatic rings. The van der Waals surface area contributed by atoms with Crippen LogP contribution in [0.2, 0.25) is 0 Å². The van der Waals surface area contributed by atoms with Gasteiger partial charge < -0.3 is 13.9 Å². The molecule has 1 aromatic heterocycles. The van der Waals surface area contributed by atoms with E-state index in [2.05, 4.69) is 4.98 Å². The molecule has 0 radical (unpaired) electrons. The first-order valence-electron chi connectivity index (χ1n) is 5.33. The summed E-state index contributed by atoms with van der Waals surface area (Å²) in [5.41, 5.74) is 0.132. The molecule has 0 aliphatic carbocycles. The van der Waals surface area contributed by atoms with E-state index in [0.717, 1.165) is 0 Å². The second-order valence-corrected chi connectivity index (χ2v) is 3.79. The Bertz CT molecular complexity index is 346. The van der Waals surface area contributed by atoms with Gasteiger partial charge in [-0.05, 0) is 19.8 Å². The monoisotopic (exact) mass is 227 g/mol. The quantitative estimate of drug-likeness (QED) is 0.722. The number of carbonyl (C=O) groups is 1. The molecular formula is C11H17NO4. The van der Waals surface area contributed by atoms with Crippen LogP contribution in [0.3, 0.4) is 0 Å². The first kappa shape index (κ1) is 12.5. The number of carbonyl (C=O) groups excluding carboxylic acids is 1. The minimum Gasteiger partial charge on any atom is -0.461 e. The highest BCUT2D eigenvalue weighted by Gasteiger charge is 2.16. The molecule has 5 nitrogen and oxygen atoms in total. The normalized spacial score (nSPS) is 12.6. The molecule has 0 aromatic carbocycles. The van der Waals surface area contributed by atoms with Gasteiger partial charge in [0.25, 0.3) is 0 Å². The number of hydrogen-bond acceptors (Lipinski definition) is 5. The zero-order valence-electron chi connectivity index (χ0n) is 10.0. The summed E-state index contributed by atoms with van der Waals surface area (Å²) in [5, 5.41) is 0. The third kappa shape index (κ3) is 3.25. The number of aromatic nitrogens is 1. The average Bonchev–Trinajstić information content (AvgIpc) is 2.66. The zero-order valence-corrected chi connectivity index (χ0v) is 10.0. The molecule has 5 heteroatoms. The molecular weight excluding hydrogens is 210 g/mol. The van der Waals surface area contributed by atoms with Crippen molar-refractivity contribution in [1.29, 1.82) is 0 Å². The fourth-order valence-electron chi connectivity index (χ4n) is 0.905. The summed E-state index contributed by atoms with van der Waals surface area (Å²) in [5.74, 6) is -0.156. The number of hydrogen-bond donors (Lipinski definition) is 0. The third-order valence-electron chi connectivity index (χ3n) is 2.19. The molecule has 0 fully saturated rings. The van der Waals surface area contributed by atoms with Crippen molar-refractivity contribution in [3.8, 4) is 6.08 Å². The van der Waals surface area contributed by atoms with Crippen molar-refractivity contribution in [1.82, 2.24) is 4.98 Å². The van der Waals surface area contributed by atoms with E-state index in [1.54, 1.807) is 6.92 Å². The molecule has 0 aliphatic rings. The Balaban J connectivity index is 2.61. The van der Waals surface area contributed by atoms with Gasteiger partial charge in [0.15, 0.2) is 5.69 Å². The largest absolute Gasteiger partial charge is 0.461 e. The summed E-state index contributed by atoms with van der Waals surface area (Å²) >= 11 is 0. The van der Waals surface area contributed by atoms with Crippen LogP contribution in [-0.2, 0) is 4.74 Å². The van der Waals surface area contributed by atoms with Crippen LogP contribution in [0.25, 0.3) is 0 Å². The van der Waals surface area contributed by atoms with E-state index < -0.39 is 5.97 Å². The first-order chi connectivity index (χ1) is 7.54. The number of nitrogens with zero attached hydrogens (tertiary/aromatic N) is 1. The van der Waals surface area contributed by atoms with Gasteiger partial charge in [0, 0.05) is 0 Å². The molecule has 1 rings (SSSR count). The van der Waals surface area contributed by atoms with Crippen LogP contribution in [-0.4, -0.2) is 23.7 Å². The summed E-state index contributed by atoms with van der Waals surface area (Å²) in [7, 11) is 0. The average molecular weight is 227 g/mol. The first-order valence-corrected chi connectivity index (χ1v) is 5.33. The SMILES string of the molecule is CCOC(=O)c1coc(OC(C)C(C)C)n1. The molecule has 1 heterocycles. The molecule has 0 saturated heterocycles. The third-order valence-corrected chi connectivity index (χ3v) is 2.19. The highest BCUT2D eigenvalue weighted by Crippen LogP contribution is 2.15. The van der Waals surface area contributed by atoms with Crippen LogP contribution >= 0.6 is 0 Å². The van der Waals surface area contributed by atoms with E-state index in [1.807, 2.05) is 20.8 Å². The Hall–Kier alpha value is -1.52. The fraction of sp³-hybridized carbons (Fsp3) is 0.636. The van der Waals surface area contributed by atoms with Gasteiger partial charge in [-0.3, -0.25) is 0 Å². The lowest BCUT2D eigenvalue weighted by Crippen LogP contribution is -2.18. The lowest BCUT2D eigenvalue weighted by molar-refractivity contribution is 0.0518. The Kier molecular flexibility index (Phi) is 4.34. The highest BCUT2D eigenvalue weighted by atomic mass is 16.6. The summed E-state index contributed by atoms with van der Waals surface area (Å²) < 4.78 is 15.2. The van der Waals surface area contributed by atoms with Crippen LogP contribution in [0, 0.1) is 5.92 Å². The molecule has 1 unspecified atom stereocenters. The summed E-state index contributed by atoms with van der Waals surface area (Å²) in [6.45, 7) is 8.01. The Morgan fingerprint density at radius 1 is 1.50 bits per heavy atom. The van der Waals surface area contributed by atoms with E-state index >= 15 is 0 Å². The molecule has 0 spiro atoms. The van der Waals surface area contributed by atoms with Gasteiger partial charge in [-0.2, -0.15) is 4.98 Å². The van der Waals surface area contributed by atoms with Gasteiger partial charge in [0.05, 0.1) is 6.61 Å². The molecule has 0 N–H and O–H groups in total. The van der Waals surface area contributed by atoms with Gasteiger partial charge in [-0.1, -0.05) is 13.8 Å². The second-order valence-electron chi connectivity index (χ2n) is 3.79. The minimum atomic E-state index is -0.502. The van der Waals surface area contributed by atoms with Crippen LogP contribution < -0.4 is 4.74 Å². The predicted octanol–water partition coefficient (Wildman–Crippen LogP) is 2.27. The van der Waals surface area contributed by atoms with Gasteiger partial charge in [0.2, 0.25) is 0 Å². The molecule has 0 aliphatic heterocycles. The van der Waals surface area contributed by atoms with Gasteiger partial charge in [0.1, 0.15) is 12.4 Å². The van der Waals surface area contributed by atoms with Crippen LogP contribution in [0.1, 0.15) is 38.2 Å². The lowest BCUT2D eigenvalue weighted by Gasteiger charge is -2.14. The maximum atomic E-state index is 11.3. The maximum absolute atomic E-state index is 11.3. The summed E-state index contributed by atoms with van der Waals surface area (Å²) in [6.07, 6.45) is 1.32. The molecule has 16 heavy (non-hydrogen) atoms. The van der Waals surface area contributed by atoms with Gasteiger partial charge in [-0.15, -0.1) is 0 Å². The van der Waals surface area contributed by atoms with Crippen molar-refractivity contribution in [3.63, 3.8) is 0 Å². The number of oxazole rings is 1. The van der Waals surface area contributed by atoms with Crippen molar-refractivity contribution in [2.24, 2.45) is 5.92 Å². The molecule has 90 valence electrons. The van der Waals surface area contributed by atoms with Crippen molar-refractivity contribution in [2.75, 3.05) is 6.61 Å². The number of rotatable bonds is 5.